The number of primary amides is 1. The summed E-state index contributed by atoms with van der Waals surface area (Å²) in [5.41, 5.74) is 6.82. The molecule has 7 nitrogen and oxygen atoms in total. The molecule has 0 aliphatic rings. The quantitative estimate of drug-likeness (QED) is 0.658. The number of nitrogens with zero attached hydrogens (tertiary/aromatic N) is 2. The van der Waals surface area contributed by atoms with Crippen molar-refractivity contribution in [3.8, 4) is 11.5 Å². The summed E-state index contributed by atoms with van der Waals surface area (Å²) in [4.78, 5) is 31.5. The van der Waals surface area contributed by atoms with E-state index in [1.807, 2.05) is 30.3 Å². The molecule has 3 N–H and O–H groups in total. The van der Waals surface area contributed by atoms with E-state index in [2.05, 4.69) is 15.3 Å². The van der Waals surface area contributed by atoms with E-state index in [0.29, 0.717) is 21.7 Å². The van der Waals surface area contributed by atoms with Gasteiger partial charge in [-0.3, -0.25) is 9.59 Å². The van der Waals surface area contributed by atoms with Crippen molar-refractivity contribution in [3.63, 3.8) is 0 Å². The van der Waals surface area contributed by atoms with Crippen LogP contribution in [-0.4, -0.2) is 27.5 Å². The van der Waals surface area contributed by atoms with Crippen molar-refractivity contribution in [2.45, 2.75) is 5.75 Å². The average molecular weight is 374 g/mol. The first kappa shape index (κ1) is 17.2. The Morgan fingerprint density at radius 2 is 2.08 bits per heavy atom. The molecule has 0 atom stereocenters. The van der Waals surface area contributed by atoms with Gasteiger partial charge in [-0.05, 0) is 12.1 Å². The molecule has 0 saturated carbocycles. The highest BCUT2D eigenvalue weighted by Gasteiger charge is 2.11. The first-order valence-corrected chi connectivity index (χ1v) is 9.22. The summed E-state index contributed by atoms with van der Waals surface area (Å²) in [5, 5.41) is 2.98. The van der Waals surface area contributed by atoms with Gasteiger partial charge in [0.1, 0.15) is 11.1 Å². The molecule has 2 aromatic heterocycles. The van der Waals surface area contributed by atoms with Crippen molar-refractivity contribution in [3.05, 3.63) is 53.4 Å². The van der Waals surface area contributed by atoms with Gasteiger partial charge in [0.2, 0.25) is 11.8 Å². The van der Waals surface area contributed by atoms with Gasteiger partial charge >= 0.3 is 0 Å². The zero-order valence-electron chi connectivity index (χ0n) is 13.0. The minimum absolute atomic E-state index is 0.206. The molecule has 0 spiro atoms. The third kappa shape index (κ3) is 4.68. The monoisotopic (exact) mass is 374 g/mol. The summed E-state index contributed by atoms with van der Waals surface area (Å²) in [6.45, 7) is 0. The number of thiazole rings is 1. The molecule has 0 radical (unpaired) electrons. The van der Waals surface area contributed by atoms with Crippen LogP contribution >= 0.6 is 23.1 Å². The molecule has 0 aliphatic carbocycles. The highest BCUT2D eigenvalue weighted by atomic mass is 32.2. The molecule has 25 heavy (non-hydrogen) atoms. The SMILES string of the molecule is NC(=O)c1cnc(NC(=O)CSCc2coc(-c3ccccc3)n2)s1. The van der Waals surface area contributed by atoms with Gasteiger partial charge in [-0.1, -0.05) is 29.5 Å². The summed E-state index contributed by atoms with van der Waals surface area (Å²) in [7, 11) is 0. The van der Waals surface area contributed by atoms with Crippen LogP contribution in [0.1, 0.15) is 15.4 Å². The summed E-state index contributed by atoms with van der Waals surface area (Å²) in [6, 6.07) is 9.60. The molecule has 3 aromatic rings. The van der Waals surface area contributed by atoms with Crippen LogP contribution < -0.4 is 11.1 Å². The maximum atomic E-state index is 11.9. The third-order valence-corrected chi connectivity index (χ3v) is 4.94. The smallest absolute Gasteiger partial charge is 0.260 e. The van der Waals surface area contributed by atoms with Gasteiger partial charge < -0.3 is 15.5 Å². The molecule has 0 saturated heterocycles. The minimum Gasteiger partial charge on any atom is -0.444 e. The fraction of sp³-hybridized carbons (Fsp3) is 0.125. The number of amides is 2. The number of nitrogens with two attached hydrogens (primary N) is 1. The highest BCUT2D eigenvalue weighted by Crippen LogP contribution is 2.21. The van der Waals surface area contributed by atoms with Crippen LogP contribution in [0.15, 0.2) is 47.2 Å². The molecule has 128 valence electrons. The topological polar surface area (TPSA) is 111 Å². The number of thioether (sulfide) groups is 1. The van der Waals surface area contributed by atoms with Crippen LogP contribution in [0.5, 0.6) is 0 Å². The summed E-state index contributed by atoms with van der Waals surface area (Å²) in [5.74, 6) is 0.574. The van der Waals surface area contributed by atoms with Crippen LogP contribution in [-0.2, 0) is 10.5 Å². The van der Waals surface area contributed by atoms with Gasteiger partial charge in [-0.2, -0.15) is 0 Å². The first-order chi connectivity index (χ1) is 12.1. The van der Waals surface area contributed by atoms with E-state index in [-0.39, 0.29) is 11.7 Å². The van der Waals surface area contributed by atoms with Crippen LogP contribution in [0, 0.1) is 0 Å². The molecule has 2 amide bonds. The molecular formula is C16H14N4O3S2. The minimum atomic E-state index is -0.562. The Bertz CT molecular complexity index is 876. The molecule has 0 aliphatic heterocycles. The normalized spacial score (nSPS) is 10.6. The van der Waals surface area contributed by atoms with E-state index in [4.69, 9.17) is 10.2 Å². The van der Waals surface area contributed by atoms with Crippen molar-refractivity contribution in [1.82, 2.24) is 9.97 Å². The van der Waals surface area contributed by atoms with Gasteiger partial charge in [0.05, 0.1) is 17.6 Å². The zero-order chi connectivity index (χ0) is 17.6. The Hall–Kier alpha value is -2.65. The van der Waals surface area contributed by atoms with E-state index < -0.39 is 5.91 Å². The fourth-order valence-corrected chi connectivity index (χ4v) is 3.32. The van der Waals surface area contributed by atoms with Gasteiger partial charge in [0.25, 0.3) is 5.91 Å². The Balaban J connectivity index is 1.47. The Kier molecular flexibility index (Phi) is 5.46. The summed E-state index contributed by atoms with van der Waals surface area (Å²) < 4.78 is 5.45. The molecule has 0 bridgehead atoms. The number of hydrogen-bond acceptors (Lipinski definition) is 7. The lowest BCUT2D eigenvalue weighted by molar-refractivity contribution is -0.113. The molecule has 9 heteroatoms. The maximum absolute atomic E-state index is 11.9. The standard InChI is InChI=1S/C16H14N4O3S2/c17-14(22)12-6-18-16(25-12)20-13(21)9-24-8-11-7-23-15(19-11)10-4-2-1-3-5-10/h1-7H,8-9H2,(H2,17,22)(H,18,20,21). The van der Waals surface area contributed by atoms with Crippen LogP contribution in [0.4, 0.5) is 5.13 Å². The second-order valence-corrected chi connectivity index (χ2v) is 6.96. The maximum Gasteiger partial charge on any atom is 0.260 e. The predicted octanol–water partition coefficient (Wildman–Crippen LogP) is 2.77. The predicted molar refractivity (Wildman–Crippen MR) is 97.4 cm³/mol. The fourth-order valence-electron chi connectivity index (χ4n) is 1.94. The Morgan fingerprint density at radius 3 is 2.80 bits per heavy atom. The number of benzene rings is 1. The number of carbonyl (C=O) groups excluding carboxylic acids is 2. The number of anilines is 1. The first-order valence-electron chi connectivity index (χ1n) is 7.25. The van der Waals surface area contributed by atoms with E-state index in [1.54, 1.807) is 6.26 Å². The lowest BCUT2D eigenvalue weighted by Crippen LogP contribution is -2.14. The van der Waals surface area contributed by atoms with Crippen LogP contribution in [0.25, 0.3) is 11.5 Å². The second-order valence-electron chi connectivity index (χ2n) is 4.94. The Labute approximate surface area is 151 Å². The number of rotatable bonds is 7. The van der Waals surface area contributed by atoms with Gasteiger partial charge in [-0.15, -0.1) is 11.8 Å². The number of nitrogens with one attached hydrogen (secondary N) is 1. The number of oxazole rings is 1. The van der Waals surface area contributed by atoms with Gasteiger partial charge in [0, 0.05) is 11.3 Å². The largest absolute Gasteiger partial charge is 0.444 e. The number of aromatic nitrogens is 2. The number of hydrogen-bond donors (Lipinski definition) is 2. The number of carbonyl (C=O) groups is 2. The van der Waals surface area contributed by atoms with E-state index >= 15 is 0 Å². The van der Waals surface area contributed by atoms with E-state index in [9.17, 15) is 9.59 Å². The van der Waals surface area contributed by atoms with Gasteiger partial charge in [0.15, 0.2) is 5.13 Å². The van der Waals surface area contributed by atoms with Crippen molar-refractivity contribution in [1.29, 1.82) is 0 Å². The molecule has 2 heterocycles. The summed E-state index contributed by atoms with van der Waals surface area (Å²) >= 11 is 2.45. The van der Waals surface area contributed by atoms with Crippen molar-refractivity contribution < 1.29 is 14.0 Å². The van der Waals surface area contributed by atoms with Crippen LogP contribution in [0.2, 0.25) is 0 Å². The lowest BCUT2D eigenvalue weighted by atomic mass is 10.2. The lowest BCUT2D eigenvalue weighted by Gasteiger charge is -2.00. The van der Waals surface area contributed by atoms with E-state index in [1.165, 1.54) is 18.0 Å². The Morgan fingerprint density at radius 1 is 1.28 bits per heavy atom. The molecule has 1 aromatic carbocycles. The third-order valence-electron chi connectivity index (χ3n) is 3.05. The van der Waals surface area contributed by atoms with Crippen molar-refractivity contribution in [2.75, 3.05) is 11.1 Å². The highest BCUT2D eigenvalue weighted by molar-refractivity contribution is 7.99. The average Bonchev–Trinajstić information content (AvgIpc) is 3.25. The zero-order valence-corrected chi connectivity index (χ0v) is 14.6. The second kappa shape index (κ2) is 7.95. The van der Waals surface area contributed by atoms with Gasteiger partial charge in [-0.25, -0.2) is 9.97 Å². The molecule has 3 rings (SSSR count). The molecular weight excluding hydrogens is 360 g/mol. The van der Waals surface area contributed by atoms with Crippen LogP contribution in [0.3, 0.4) is 0 Å². The van der Waals surface area contributed by atoms with Crippen molar-refractivity contribution >= 4 is 40.0 Å². The molecule has 0 fully saturated rings. The molecule has 0 unspecified atom stereocenters. The van der Waals surface area contributed by atoms with E-state index in [0.717, 1.165) is 22.6 Å². The van der Waals surface area contributed by atoms with Crippen molar-refractivity contribution in [2.24, 2.45) is 5.73 Å². The summed E-state index contributed by atoms with van der Waals surface area (Å²) in [6.07, 6.45) is 2.93.